The van der Waals surface area contributed by atoms with Crippen LogP contribution in [0.1, 0.15) is 21.5 Å². The van der Waals surface area contributed by atoms with E-state index in [0.717, 1.165) is 17.7 Å². The minimum Gasteiger partial charge on any atom is -0.351 e. The largest absolute Gasteiger partial charge is 0.351 e. The molecular formula is C21H28N4O2S. The summed E-state index contributed by atoms with van der Waals surface area (Å²) in [4.78, 5) is 27.4. The number of amides is 3. The summed E-state index contributed by atoms with van der Waals surface area (Å²) in [5, 5.41) is 8.55. The van der Waals surface area contributed by atoms with Crippen LogP contribution in [-0.2, 0) is 13.1 Å². The van der Waals surface area contributed by atoms with Gasteiger partial charge in [0.15, 0.2) is 0 Å². The van der Waals surface area contributed by atoms with E-state index >= 15 is 0 Å². The molecule has 28 heavy (non-hydrogen) atoms. The van der Waals surface area contributed by atoms with Crippen LogP contribution in [-0.4, -0.2) is 50.3 Å². The standard InChI is InChI=1S/C21H28N4O2S/c1-25(2)12-11-22-20(26)18-6-4-5-17(13-18)15-24-21(27)23-14-16-7-9-19(28-3)10-8-16/h4-10,13H,11-12,14-15H2,1-3H3,(H,22,26)(H2,23,24,27). The van der Waals surface area contributed by atoms with Gasteiger partial charge in [-0.15, -0.1) is 11.8 Å². The number of hydrogen-bond acceptors (Lipinski definition) is 4. The molecule has 150 valence electrons. The Hall–Kier alpha value is -2.51. The van der Waals surface area contributed by atoms with Crippen molar-refractivity contribution in [3.8, 4) is 0 Å². The molecule has 3 N–H and O–H groups in total. The quantitative estimate of drug-likeness (QED) is 0.566. The van der Waals surface area contributed by atoms with E-state index < -0.39 is 0 Å². The van der Waals surface area contributed by atoms with Crippen LogP contribution in [0.15, 0.2) is 53.4 Å². The molecule has 0 bridgehead atoms. The first kappa shape index (κ1) is 21.8. The second-order valence-corrected chi connectivity index (χ2v) is 7.52. The van der Waals surface area contributed by atoms with Crippen LogP contribution in [0.2, 0.25) is 0 Å². The highest BCUT2D eigenvalue weighted by molar-refractivity contribution is 7.98. The number of benzene rings is 2. The van der Waals surface area contributed by atoms with Crippen LogP contribution in [0, 0.1) is 0 Å². The molecule has 0 aliphatic heterocycles. The Morgan fingerprint density at radius 3 is 2.25 bits per heavy atom. The molecule has 0 aliphatic carbocycles. The van der Waals surface area contributed by atoms with E-state index in [-0.39, 0.29) is 11.9 Å². The Bertz CT molecular complexity index is 778. The predicted octanol–water partition coefficient (Wildman–Crippen LogP) is 2.70. The van der Waals surface area contributed by atoms with Crippen LogP contribution in [0.4, 0.5) is 4.79 Å². The maximum Gasteiger partial charge on any atom is 0.315 e. The minimum absolute atomic E-state index is 0.109. The third-order valence-corrected chi connectivity index (χ3v) is 4.84. The van der Waals surface area contributed by atoms with Gasteiger partial charge in [0.1, 0.15) is 0 Å². The zero-order valence-electron chi connectivity index (χ0n) is 16.6. The normalized spacial score (nSPS) is 10.6. The molecule has 0 saturated heterocycles. The van der Waals surface area contributed by atoms with E-state index in [2.05, 4.69) is 16.0 Å². The molecule has 2 rings (SSSR count). The second kappa shape index (κ2) is 11.4. The summed E-state index contributed by atoms with van der Waals surface area (Å²) < 4.78 is 0. The maximum atomic E-state index is 12.2. The van der Waals surface area contributed by atoms with Gasteiger partial charge in [0.05, 0.1) is 0 Å². The van der Waals surface area contributed by atoms with E-state index in [0.29, 0.717) is 25.2 Å². The van der Waals surface area contributed by atoms with E-state index in [1.165, 1.54) is 4.90 Å². The molecule has 0 spiro atoms. The number of thioether (sulfide) groups is 1. The average molecular weight is 401 g/mol. The number of carbonyl (C=O) groups is 2. The lowest BCUT2D eigenvalue weighted by Crippen LogP contribution is -2.34. The lowest BCUT2D eigenvalue weighted by Gasteiger charge is -2.11. The number of nitrogens with zero attached hydrogens (tertiary/aromatic N) is 1. The highest BCUT2D eigenvalue weighted by Crippen LogP contribution is 2.14. The van der Waals surface area contributed by atoms with Gasteiger partial charge >= 0.3 is 6.03 Å². The summed E-state index contributed by atoms with van der Waals surface area (Å²) in [6.07, 6.45) is 2.03. The number of carbonyl (C=O) groups excluding carboxylic acids is 2. The number of likely N-dealkylation sites (N-methyl/N-ethyl adjacent to an activating group) is 1. The zero-order valence-corrected chi connectivity index (χ0v) is 17.4. The Morgan fingerprint density at radius 2 is 1.61 bits per heavy atom. The smallest absolute Gasteiger partial charge is 0.315 e. The molecule has 0 aromatic heterocycles. The van der Waals surface area contributed by atoms with Crippen molar-refractivity contribution in [2.24, 2.45) is 0 Å². The average Bonchev–Trinajstić information content (AvgIpc) is 2.71. The molecule has 2 aromatic carbocycles. The fourth-order valence-corrected chi connectivity index (χ4v) is 2.90. The van der Waals surface area contributed by atoms with Crippen molar-refractivity contribution in [2.75, 3.05) is 33.4 Å². The van der Waals surface area contributed by atoms with Crippen molar-refractivity contribution in [2.45, 2.75) is 18.0 Å². The first-order valence-electron chi connectivity index (χ1n) is 9.14. The fourth-order valence-electron chi connectivity index (χ4n) is 2.49. The summed E-state index contributed by atoms with van der Waals surface area (Å²) >= 11 is 1.69. The monoisotopic (exact) mass is 400 g/mol. The summed E-state index contributed by atoms with van der Waals surface area (Å²) in [5.74, 6) is -0.109. The van der Waals surface area contributed by atoms with Crippen molar-refractivity contribution in [1.29, 1.82) is 0 Å². The summed E-state index contributed by atoms with van der Waals surface area (Å²) in [5.41, 5.74) is 2.51. The molecule has 0 aliphatic rings. The molecule has 0 radical (unpaired) electrons. The predicted molar refractivity (Wildman–Crippen MR) is 115 cm³/mol. The van der Waals surface area contributed by atoms with Gasteiger partial charge in [-0.2, -0.15) is 0 Å². The topological polar surface area (TPSA) is 73.5 Å². The molecule has 0 fully saturated rings. The van der Waals surface area contributed by atoms with Gasteiger partial charge in [0.2, 0.25) is 0 Å². The fraction of sp³-hybridized carbons (Fsp3) is 0.333. The molecular weight excluding hydrogens is 372 g/mol. The van der Waals surface area contributed by atoms with E-state index in [1.54, 1.807) is 23.9 Å². The van der Waals surface area contributed by atoms with Gasteiger partial charge in [-0.3, -0.25) is 4.79 Å². The van der Waals surface area contributed by atoms with Gasteiger partial charge in [0, 0.05) is 36.6 Å². The third-order valence-electron chi connectivity index (χ3n) is 4.10. The molecule has 2 aromatic rings. The first-order valence-corrected chi connectivity index (χ1v) is 10.4. The summed E-state index contributed by atoms with van der Waals surface area (Å²) in [6.45, 7) is 2.20. The van der Waals surface area contributed by atoms with E-state index in [1.807, 2.05) is 61.6 Å². The maximum absolute atomic E-state index is 12.2. The van der Waals surface area contributed by atoms with Crippen LogP contribution in [0.3, 0.4) is 0 Å². The first-order chi connectivity index (χ1) is 13.5. The Morgan fingerprint density at radius 1 is 0.929 bits per heavy atom. The van der Waals surface area contributed by atoms with E-state index in [4.69, 9.17) is 0 Å². The highest BCUT2D eigenvalue weighted by Gasteiger charge is 2.07. The zero-order chi connectivity index (χ0) is 20.4. The van der Waals surface area contributed by atoms with Crippen molar-refractivity contribution in [3.63, 3.8) is 0 Å². The third kappa shape index (κ3) is 7.62. The van der Waals surface area contributed by atoms with Crippen molar-refractivity contribution >= 4 is 23.7 Å². The number of rotatable bonds is 9. The Kier molecular flexibility index (Phi) is 8.84. The van der Waals surface area contributed by atoms with E-state index in [9.17, 15) is 9.59 Å². The highest BCUT2D eigenvalue weighted by atomic mass is 32.2. The van der Waals surface area contributed by atoms with Crippen LogP contribution in [0.5, 0.6) is 0 Å². The van der Waals surface area contributed by atoms with Crippen molar-refractivity contribution in [3.05, 3.63) is 65.2 Å². The summed E-state index contributed by atoms with van der Waals surface area (Å²) in [7, 11) is 3.92. The number of hydrogen-bond donors (Lipinski definition) is 3. The molecule has 0 atom stereocenters. The van der Waals surface area contributed by atoms with Gasteiger partial charge in [-0.25, -0.2) is 4.79 Å². The molecule has 0 saturated carbocycles. The lowest BCUT2D eigenvalue weighted by molar-refractivity contribution is 0.0951. The van der Waals surface area contributed by atoms with Crippen molar-refractivity contribution < 1.29 is 9.59 Å². The number of urea groups is 1. The summed E-state index contributed by atoms with van der Waals surface area (Å²) in [6, 6.07) is 15.1. The van der Waals surface area contributed by atoms with Crippen LogP contribution < -0.4 is 16.0 Å². The second-order valence-electron chi connectivity index (χ2n) is 6.64. The Labute approximate surface area is 171 Å². The molecule has 0 heterocycles. The van der Waals surface area contributed by atoms with Crippen LogP contribution >= 0.6 is 11.8 Å². The van der Waals surface area contributed by atoms with Crippen molar-refractivity contribution in [1.82, 2.24) is 20.9 Å². The van der Waals surface area contributed by atoms with Gasteiger partial charge in [-0.1, -0.05) is 24.3 Å². The van der Waals surface area contributed by atoms with Gasteiger partial charge < -0.3 is 20.9 Å². The lowest BCUT2D eigenvalue weighted by atomic mass is 10.1. The van der Waals surface area contributed by atoms with Crippen LogP contribution in [0.25, 0.3) is 0 Å². The number of nitrogens with one attached hydrogen (secondary N) is 3. The molecule has 0 unspecified atom stereocenters. The molecule has 6 nitrogen and oxygen atoms in total. The SMILES string of the molecule is CSc1ccc(CNC(=O)NCc2cccc(C(=O)NCCN(C)C)c2)cc1. The molecule has 7 heteroatoms. The minimum atomic E-state index is -0.241. The Balaban J connectivity index is 1.78. The van der Waals surface area contributed by atoms with Gasteiger partial charge in [-0.05, 0) is 55.7 Å². The molecule has 3 amide bonds. The van der Waals surface area contributed by atoms with Gasteiger partial charge in [0.25, 0.3) is 5.91 Å².